The van der Waals surface area contributed by atoms with Gasteiger partial charge in [-0.05, 0) is 18.8 Å². The molecule has 2 aliphatic rings. The third kappa shape index (κ3) is 1.54. The summed E-state index contributed by atoms with van der Waals surface area (Å²) in [4.78, 5) is 24.5. The second-order valence-electron chi connectivity index (χ2n) is 4.11. The molecular weight excluding hydrogens is 202 g/mol. The van der Waals surface area contributed by atoms with E-state index in [0.717, 1.165) is 19.3 Å². The van der Waals surface area contributed by atoms with Crippen molar-refractivity contribution >= 4 is 23.4 Å². The first-order valence-electron chi connectivity index (χ1n) is 5.15. The van der Waals surface area contributed by atoms with Gasteiger partial charge in [0.15, 0.2) is 0 Å². The molecule has 2 rings (SSSR count). The van der Waals surface area contributed by atoms with E-state index in [0.29, 0.717) is 12.3 Å². The Bertz CT molecular complexity index is 267. The molecule has 1 saturated carbocycles. The normalized spacial score (nSPS) is 31.8. The molecular formula is C10H14ClNO2. The maximum Gasteiger partial charge on any atom is 0.244 e. The lowest BCUT2D eigenvalue weighted by Crippen LogP contribution is -2.42. The lowest BCUT2D eigenvalue weighted by molar-refractivity contribution is -0.142. The standard InChI is InChI=1S/C10H14ClNO2/c11-6-10(14)12-8-4-2-1-3-7(8)5-9(12)13/h7-8H,1-6H2. The van der Waals surface area contributed by atoms with Crippen LogP contribution in [0.4, 0.5) is 0 Å². The molecule has 4 heteroatoms. The molecule has 2 unspecified atom stereocenters. The minimum atomic E-state index is -0.217. The zero-order valence-electron chi connectivity index (χ0n) is 8.04. The topological polar surface area (TPSA) is 37.4 Å². The molecule has 0 spiro atoms. The van der Waals surface area contributed by atoms with E-state index in [2.05, 4.69) is 0 Å². The van der Waals surface area contributed by atoms with Gasteiger partial charge < -0.3 is 0 Å². The van der Waals surface area contributed by atoms with Crippen LogP contribution in [-0.2, 0) is 9.59 Å². The predicted molar refractivity (Wildman–Crippen MR) is 52.9 cm³/mol. The summed E-state index contributed by atoms with van der Waals surface area (Å²) in [5.74, 6) is 0.0941. The number of alkyl halides is 1. The molecule has 2 amide bonds. The minimum absolute atomic E-state index is 0.0208. The maximum atomic E-state index is 11.6. The molecule has 0 aromatic rings. The number of hydrogen-bond acceptors (Lipinski definition) is 2. The predicted octanol–water partition coefficient (Wildman–Crippen LogP) is 1.54. The molecule has 2 atom stereocenters. The summed E-state index contributed by atoms with van der Waals surface area (Å²) in [5, 5.41) is 0. The van der Waals surface area contributed by atoms with Crippen LogP contribution in [0.5, 0.6) is 0 Å². The number of imide groups is 1. The van der Waals surface area contributed by atoms with Crippen LogP contribution in [0.3, 0.4) is 0 Å². The van der Waals surface area contributed by atoms with E-state index in [1.165, 1.54) is 11.3 Å². The highest BCUT2D eigenvalue weighted by Crippen LogP contribution is 2.36. The van der Waals surface area contributed by atoms with E-state index in [4.69, 9.17) is 11.6 Å². The lowest BCUT2D eigenvalue weighted by atomic mass is 9.85. The molecule has 1 aliphatic carbocycles. The van der Waals surface area contributed by atoms with Gasteiger partial charge in [0.05, 0.1) is 0 Å². The summed E-state index contributed by atoms with van der Waals surface area (Å²) in [6.07, 6.45) is 4.92. The van der Waals surface area contributed by atoms with Crippen LogP contribution in [0, 0.1) is 5.92 Å². The van der Waals surface area contributed by atoms with E-state index < -0.39 is 0 Å². The lowest BCUT2D eigenvalue weighted by Gasteiger charge is -2.29. The van der Waals surface area contributed by atoms with Gasteiger partial charge in [0.2, 0.25) is 11.8 Å². The van der Waals surface area contributed by atoms with E-state index in [-0.39, 0.29) is 23.7 Å². The summed E-state index contributed by atoms with van der Waals surface area (Å²) < 4.78 is 0. The molecule has 2 fully saturated rings. The van der Waals surface area contributed by atoms with Crippen molar-refractivity contribution in [3.8, 4) is 0 Å². The molecule has 1 saturated heterocycles. The smallest absolute Gasteiger partial charge is 0.244 e. The number of amides is 2. The fourth-order valence-electron chi connectivity index (χ4n) is 2.66. The molecule has 0 N–H and O–H groups in total. The van der Waals surface area contributed by atoms with Crippen molar-refractivity contribution in [1.29, 1.82) is 0 Å². The monoisotopic (exact) mass is 215 g/mol. The number of halogens is 1. The Labute approximate surface area is 88.4 Å². The fourth-order valence-corrected chi connectivity index (χ4v) is 2.79. The van der Waals surface area contributed by atoms with Crippen LogP contribution < -0.4 is 0 Å². The Hall–Kier alpha value is -0.570. The molecule has 3 nitrogen and oxygen atoms in total. The summed E-state index contributed by atoms with van der Waals surface area (Å²) in [5.41, 5.74) is 0. The Morgan fingerprint density at radius 1 is 1.43 bits per heavy atom. The summed E-state index contributed by atoms with van der Waals surface area (Å²) in [6.45, 7) is 0. The Morgan fingerprint density at radius 3 is 2.86 bits per heavy atom. The van der Waals surface area contributed by atoms with Crippen molar-refractivity contribution in [2.75, 3.05) is 5.88 Å². The maximum absolute atomic E-state index is 11.6. The summed E-state index contributed by atoms with van der Waals surface area (Å²) >= 11 is 5.49. The van der Waals surface area contributed by atoms with Crippen molar-refractivity contribution in [1.82, 2.24) is 4.90 Å². The fraction of sp³-hybridized carbons (Fsp3) is 0.800. The highest BCUT2D eigenvalue weighted by atomic mass is 35.5. The number of nitrogens with zero attached hydrogens (tertiary/aromatic N) is 1. The van der Waals surface area contributed by atoms with Gasteiger partial charge in [-0.1, -0.05) is 12.8 Å². The van der Waals surface area contributed by atoms with E-state index in [9.17, 15) is 9.59 Å². The average molecular weight is 216 g/mol. The van der Waals surface area contributed by atoms with Gasteiger partial charge in [0, 0.05) is 12.5 Å². The van der Waals surface area contributed by atoms with E-state index in [1.54, 1.807) is 0 Å². The number of carbonyl (C=O) groups excluding carboxylic acids is 2. The molecule has 0 aromatic heterocycles. The largest absolute Gasteiger partial charge is 0.278 e. The third-order valence-electron chi connectivity index (χ3n) is 3.29. The molecule has 0 radical (unpaired) electrons. The van der Waals surface area contributed by atoms with Gasteiger partial charge in [-0.15, -0.1) is 11.6 Å². The first-order valence-corrected chi connectivity index (χ1v) is 5.68. The second-order valence-corrected chi connectivity index (χ2v) is 4.37. The van der Waals surface area contributed by atoms with Crippen molar-refractivity contribution in [2.45, 2.75) is 38.1 Å². The first-order chi connectivity index (χ1) is 6.74. The van der Waals surface area contributed by atoms with Gasteiger partial charge in [-0.25, -0.2) is 0 Å². The van der Waals surface area contributed by atoms with E-state index in [1.807, 2.05) is 0 Å². The zero-order chi connectivity index (χ0) is 10.1. The van der Waals surface area contributed by atoms with Crippen molar-refractivity contribution < 1.29 is 9.59 Å². The molecule has 14 heavy (non-hydrogen) atoms. The van der Waals surface area contributed by atoms with Crippen LogP contribution in [0.15, 0.2) is 0 Å². The van der Waals surface area contributed by atoms with E-state index >= 15 is 0 Å². The van der Waals surface area contributed by atoms with Crippen LogP contribution in [0.1, 0.15) is 32.1 Å². The van der Waals surface area contributed by atoms with Gasteiger partial charge in [-0.2, -0.15) is 0 Å². The number of hydrogen-bond donors (Lipinski definition) is 0. The van der Waals surface area contributed by atoms with Gasteiger partial charge >= 0.3 is 0 Å². The van der Waals surface area contributed by atoms with Crippen molar-refractivity contribution in [2.24, 2.45) is 5.92 Å². The number of rotatable bonds is 1. The van der Waals surface area contributed by atoms with Crippen LogP contribution in [-0.4, -0.2) is 28.6 Å². The van der Waals surface area contributed by atoms with Crippen LogP contribution in [0.2, 0.25) is 0 Å². The highest BCUT2D eigenvalue weighted by molar-refractivity contribution is 6.28. The van der Waals surface area contributed by atoms with Gasteiger partial charge in [-0.3, -0.25) is 14.5 Å². The number of fused-ring (bicyclic) bond motifs is 1. The summed E-state index contributed by atoms with van der Waals surface area (Å²) in [7, 11) is 0. The van der Waals surface area contributed by atoms with Crippen molar-refractivity contribution in [3.05, 3.63) is 0 Å². The van der Waals surface area contributed by atoms with Crippen molar-refractivity contribution in [3.63, 3.8) is 0 Å². The first kappa shape index (κ1) is 9.97. The second kappa shape index (κ2) is 3.89. The third-order valence-corrected chi connectivity index (χ3v) is 3.52. The van der Waals surface area contributed by atoms with Gasteiger partial charge in [0.1, 0.15) is 5.88 Å². The number of likely N-dealkylation sites (tertiary alicyclic amines) is 1. The molecule has 1 aliphatic heterocycles. The van der Waals surface area contributed by atoms with Crippen LogP contribution in [0.25, 0.3) is 0 Å². The highest BCUT2D eigenvalue weighted by Gasteiger charge is 2.43. The van der Waals surface area contributed by atoms with Gasteiger partial charge in [0.25, 0.3) is 0 Å². The molecule has 78 valence electrons. The molecule has 1 heterocycles. The molecule has 0 aromatic carbocycles. The summed E-state index contributed by atoms with van der Waals surface area (Å²) in [6, 6.07) is 0.155. The Kier molecular flexibility index (Phi) is 2.77. The number of carbonyl (C=O) groups is 2. The Morgan fingerprint density at radius 2 is 2.14 bits per heavy atom. The Balaban J connectivity index is 2.15. The SMILES string of the molecule is O=C(CCl)N1C(=O)CC2CCCCC21. The zero-order valence-corrected chi connectivity index (χ0v) is 8.79. The quantitative estimate of drug-likeness (QED) is 0.623. The molecule has 0 bridgehead atoms. The average Bonchev–Trinajstić information content (AvgIpc) is 2.53. The minimum Gasteiger partial charge on any atom is -0.278 e. The van der Waals surface area contributed by atoms with Crippen LogP contribution >= 0.6 is 11.6 Å².